The van der Waals surface area contributed by atoms with Crippen LogP contribution >= 0.6 is 11.6 Å². The lowest BCUT2D eigenvalue weighted by atomic mass is 10.1. The number of amides is 1. The Morgan fingerprint density at radius 2 is 1.76 bits per heavy atom. The van der Waals surface area contributed by atoms with Gasteiger partial charge in [-0.1, -0.05) is 11.6 Å². The van der Waals surface area contributed by atoms with Gasteiger partial charge in [0.15, 0.2) is 0 Å². The van der Waals surface area contributed by atoms with Gasteiger partial charge >= 0.3 is 5.97 Å². The van der Waals surface area contributed by atoms with E-state index in [9.17, 15) is 19.8 Å². The van der Waals surface area contributed by atoms with Crippen molar-refractivity contribution in [3.63, 3.8) is 0 Å². The van der Waals surface area contributed by atoms with Crippen LogP contribution in [0, 0.1) is 0 Å². The van der Waals surface area contributed by atoms with E-state index in [4.69, 9.17) is 16.7 Å². The van der Waals surface area contributed by atoms with Gasteiger partial charge < -0.3 is 20.6 Å². The maximum Gasteiger partial charge on any atom is 0.335 e. The highest BCUT2D eigenvalue weighted by Gasteiger charge is 2.15. The Kier molecular flexibility index (Phi) is 4.00. The van der Waals surface area contributed by atoms with Crippen LogP contribution in [0.3, 0.4) is 0 Å². The number of carboxylic acid groups (broad SMARTS) is 1. The maximum absolute atomic E-state index is 12.0. The molecule has 21 heavy (non-hydrogen) atoms. The van der Waals surface area contributed by atoms with E-state index in [1.54, 1.807) is 0 Å². The number of phenolic OH excluding ortho intramolecular Hbond substituents is 2. The van der Waals surface area contributed by atoms with Gasteiger partial charge in [0.05, 0.1) is 21.8 Å². The number of rotatable bonds is 3. The van der Waals surface area contributed by atoms with Gasteiger partial charge in [-0.15, -0.1) is 0 Å². The molecule has 0 aliphatic carbocycles. The van der Waals surface area contributed by atoms with E-state index >= 15 is 0 Å². The van der Waals surface area contributed by atoms with Crippen molar-refractivity contribution in [1.82, 2.24) is 0 Å². The standard InChI is InChI=1S/C14H10ClNO5/c15-10-3-1-7(14(20)21)5-11(10)16-13(19)9-6-8(17)2-4-12(9)18/h1-6,17-18H,(H,16,19)(H,20,21). The summed E-state index contributed by atoms with van der Waals surface area (Å²) in [5.41, 5.74) is -0.120. The first kappa shape index (κ1) is 14.7. The Hall–Kier alpha value is -2.73. The minimum atomic E-state index is -1.16. The lowest BCUT2D eigenvalue weighted by Gasteiger charge is -2.09. The van der Waals surface area contributed by atoms with Crippen molar-refractivity contribution >= 4 is 29.2 Å². The van der Waals surface area contributed by atoms with Gasteiger partial charge in [-0.3, -0.25) is 4.79 Å². The molecule has 0 bridgehead atoms. The molecule has 7 heteroatoms. The van der Waals surface area contributed by atoms with Crippen LogP contribution in [0.4, 0.5) is 5.69 Å². The summed E-state index contributed by atoms with van der Waals surface area (Å²) >= 11 is 5.88. The van der Waals surface area contributed by atoms with E-state index in [0.717, 1.165) is 6.07 Å². The van der Waals surface area contributed by atoms with Crippen LogP contribution in [0.2, 0.25) is 5.02 Å². The molecule has 2 aromatic rings. The van der Waals surface area contributed by atoms with Crippen molar-refractivity contribution in [2.75, 3.05) is 5.32 Å². The zero-order valence-corrected chi connectivity index (χ0v) is 11.3. The highest BCUT2D eigenvalue weighted by Crippen LogP contribution is 2.26. The number of anilines is 1. The quantitative estimate of drug-likeness (QED) is 0.652. The van der Waals surface area contributed by atoms with Crippen LogP contribution in [0.25, 0.3) is 0 Å². The molecule has 1 amide bonds. The molecule has 2 rings (SSSR count). The van der Waals surface area contributed by atoms with Gasteiger partial charge in [-0.25, -0.2) is 4.79 Å². The van der Waals surface area contributed by atoms with Crippen molar-refractivity contribution in [3.8, 4) is 11.5 Å². The fourth-order valence-electron chi connectivity index (χ4n) is 1.65. The lowest BCUT2D eigenvalue weighted by molar-refractivity contribution is 0.0696. The Morgan fingerprint density at radius 1 is 1.05 bits per heavy atom. The average Bonchev–Trinajstić information content (AvgIpc) is 2.43. The summed E-state index contributed by atoms with van der Waals surface area (Å²) in [7, 11) is 0. The predicted octanol–water partition coefficient (Wildman–Crippen LogP) is 2.70. The van der Waals surface area contributed by atoms with E-state index in [1.807, 2.05) is 0 Å². The Bertz CT molecular complexity index is 729. The molecule has 2 aromatic carbocycles. The Morgan fingerprint density at radius 3 is 2.43 bits per heavy atom. The van der Waals surface area contributed by atoms with Crippen LogP contribution in [0.15, 0.2) is 36.4 Å². The third-order valence-electron chi connectivity index (χ3n) is 2.69. The summed E-state index contributed by atoms with van der Waals surface area (Å²) in [5, 5.41) is 30.4. The third-order valence-corrected chi connectivity index (χ3v) is 3.02. The summed E-state index contributed by atoms with van der Waals surface area (Å²) in [5.74, 6) is -2.41. The first-order valence-electron chi connectivity index (χ1n) is 5.74. The number of phenols is 2. The van der Waals surface area contributed by atoms with Gasteiger partial charge in [0, 0.05) is 0 Å². The van der Waals surface area contributed by atoms with Gasteiger partial charge in [0.2, 0.25) is 0 Å². The van der Waals surface area contributed by atoms with Crippen LogP contribution in [0.1, 0.15) is 20.7 Å². The molecular weight excluding hydrogens is 298 g/mol. The number of hydrogen-bond donors (Lipinski definition) is 4. The number of halogens is 1. The van der Waals surface area contributed by atoms with Crippen molar-refractivity contribution in [2.45, 2.75) is 0 Å². The fraction of sp³-hybridized carbons (Fsp3) is 0. The molecule has 0 unspecified atom stereocenters. The van der Waals surface area contributed by atoms with E-state index in [0.29, 0.717) is 0 Å². The number of carbonyl (C=O) groups excluding carboxylic acids is 1. The molecule has 0 fully saturated rings. The number of carboxylic acids is 1. The van der Waals surface area contributed by atoms with Crippen LogP contribution < -0.4 is 5.32 Å². The molecule has 0 heterocycles. The SMILES string of the molecule is O=C(O)c1ccc(Cl)c(NC(=O)c2cc(O)ccc2O)c1. The summed E-state index contributed by atoms with van der Waals surface area (Å²) in [6.45, 7) is 0. The van der Waals surface area contributed by atoms with Crippen molar-refractivity contribution in [2.24, 2.45) is 0 Å². The van der Waals surface area contributed by atoms with E-state index in [-0.39, 0.29) is 33.3 Å². The molecular formula is C14H10ClNO5. The monoisotopic (exact) mass is 307 g/mol. The first-order chi connectivity index (χ1) is 9.88. The van der Waals surface area contributed by atoms with Gasteiger partial charge in [0.1, 0.15) is 11.5 Å². The van der Waals surface area contributed by atoms with Crippen LogP contribution in [-0.2, 0) is 0 Å². The molecule has 0 aliphatic rings. The second-order valence-electron chi connectivity index (χ2n) is 4.16. The van der Waals surface area contributed by atoms with Gasteiger partial charge in [-0.05, 0) is 36.4 Å². The first-order valence-corrected chi connectivity index (χ1v) is 6.12. The maximum atomic E-state index is 12.0. The average molecular weight is 308 g/mol. The molecule has 6 nitrogen and oxygen atoms in total. The smallest absolute Gasteiger partial charge is 0.335 e. The molecule has 0 spiro atoms. The van der Waals surface area contributed by atoms with Crippen molar-refractivity contribution in [3.05, 3.63) is 52.5 Å². The number of carbonyl (C=O) groups is 2. The minimum Gasteiger partial charge on any atom is -0.508 e. The highest BCUT2D eigenvalue weighted by atomic mass is 35.5. The second-order valence-corrected chi connectivity index (χ2v) is 4.56. The minimum absolute atomic E-state index is 0.0465. The van der Waals surface area contributed by atoms with Crippen molar-refractivity contribution < 1.29 is 24.9 Å². The number of nitrogens with one attached hydrogen (secondary N) is 1. The Labute approximate surface area is 124 Å². The largest absolute Gasteiger partial charge is 0.508 e. The summed E-state index contributed by atoms with van der Waals surface area (Å²) < 4.78 is 0. The van der Waals surface area contributed by atoms with E-state index in [2.05, 4.69) is 5.32 Å². The third kappa shape index (κ3) is 3.24. The highest BCUT2D eigenvalue weighted by molar-refractivity contribution is 6.34. The number of hydrogen-bond acceptors (Lipinski definition) is 4. The molecule has 108 valence electrons. The molecule has 0 aromatic heterocycles. The van der Waals surface area contributed by atoms with Crippen LogP contribution in [-0.4, -0.2) is 27.2 Å². The summed E-state index contributed by atoms with van der Waals surface area (Å²) in [4.78, 5) is 22.9. The lowest BCUT2D eigenvalue weighted by Crippen LogP contribution is -2.13. The second kappa shape index (κ2) is 5.72. The normalized spacial score (nSPS) is 10.1. The molecule has 4 N–H and O–H groups in total. The topological polar surface area (TPSA) is 107 Å². The molecule has 0 saturated carbocycles. The van der Waals surface area contributed by atoms with E-state index < -0.39 is 11.9 Å². The predicted molar refractivity (Wildman–Crippen MR) is 76.1 cm³/mol. The molecule has 0 radical (unpaired) electrons. The van der Waals surface area contributed by atoms with Gasteiger partial charge in [0.25, 0.3) is 5.91 Å². The molecule has 0 saturated heterocycles. The fourth-order valence-corrected chi connectivity index (χ4v) is 1.81. The zero-order valence-electron chi connectivity index (χ0n) is 10.5. The number of aromatic hydroxyl groups is 2. The molecule has 0 atom stereocenters. The zero-order chi connectivity index (χ0) is 15.6. The van der Waals surface area contributed by atoms with Gasteiger partial charge in [-0.2, -0.15) is 0 Å². The summed E-state index contributed by atoms with van der Waals surface area (Å²) in [6, 6.07) is 7.31. The van der Waals surface area contributed by atoms with Crippen LogP contribution in [0.5, 0.6) is 11.5 Å². The van der Waals surface area contributed by atoms with Crippen molar-refractivity contribution in [1.29, 1.82) is 0 Å². The summed E-state index contributed by atoms with van der Waals surface area (Å²) in [6.07, 6.45) is 0. The Balaban J connectivity index is 2.33. The number of aromatic carboxylic acids is 1. The molecule has 0 aliphatic heterocycles. The number of benzene rings is 2. The van der Waals surface area contributed by atoms with E-state index in [1.165, 1.54) is 30.3 Å².